The van der Waals surface area contributed by atoms with E-state index < -0.39 is 18.3 Å². The fourth-order valence-corrected chi connectivity index (χ4v) is 4.53. The van der Waals surface area contributed by atoms with E-state index in [2.05, 4.69) is 10.2 Å². The quantitative estimate of drug-likeness (QED) is 0.215. The van der Waals surface area contributed by atoms with Gasteiger partial charge in [0.05, 0.1) is 6.54 Å². The molecule has 0 N–H and O–H groups in total. The molecular weight excluding hydrogens is 548 g/mol. The molecular formula is C26H16Cl3F3N4O. The average molecular weight is 564 g/mol. The minimum atomic E-state index is -3.12. The molecule has 2 heterocycles. The highest BCUT2D eigenvalue weighted by Gasteiger charge is 2.23. The lowest BCUT2D eigenvalue weighted by Gasteiger charge is -2.12. The van der Waals surface area contributed by atoms with Gasteiger partial charge in [-0.2, -0.15) is 4.52 Å². The second-order valence-corrected chi connectivity index (χ2v) is 9.44. The molecule has 5 rings (SSSR count). The van der Waals surface area contributed by atoms with Gasteiger partial charge in [0.25, 0.3) is 6.43 Å². The Morgan fingerprint density at radius 2 is 1.27 bits per heavy atom. The molecule has 0 aliphatic carbocycles. The Labute approximate surface area is 223 Å². The van der Waals surface area contributed by atoms with E-state index in [4.69, 9.17) is 34.8 Å². The molecule has 0 amide bonds. The van der Waals surface area contributed by atoms with E-state index in [1.165, 1.54) is 28.9 Å². The maximum Gasteiger partial charge on any atom is 0.367 e. The van der Waals surface area contributed by atoms with E-state index in [1.807, 2.05) is 0 Å². The zero-order valence-electron chi connectivity index (χ0n) is 18.8. The fourth-order valence-electron chi connectivity index (χ4n) is 4.00. The predicted octanol–water partition coefficient (Wildman–Crippen LogP) is 7.51. The van der Waals surface area contributed by atoms with Crippen molar-refractivity contribution in [2.24, 2.45) is 0 Å². The summed E-state index contributed by atoms with van der Waals surface area (Å²) in [6, 6.07) is 19.5. The van der Waals surface area contributed by atoms with Crippen molar-refractivity contribution in [2.75, 3.05) is 0 Å². The Kier molecular flexibility index (Phi) is 6.98. The lowest BCUT2D eigenvalue weighted by molar-refractivity contribution is 0.0495. The van der Waals surface area contributed by atoms with Gasteiger partial charge in [-0.25, -0.2) is 22.6 Å². The van der Waals surface area contributed by atoms with Gasteiger partial charge in [0.1, 0.15) is 0 Å². The minimum absolute atomic E-state index is 0.00204. The molecule has 0 aliphatic heterocycles. The first-order valence-electron chi connectivity index (χ1n) is 10.9. The molecule has 0 fully saturated rings. The third kappa shape index (κ3) is 4.97. The standard InChI is InChI=1S/C26H16Cl3F3N4O/c27-18-9-5-15(6-10-18)20-21(16-7-11-19(28)12-8-16)25-34-35(26(37)36(25)33-23(20)29)13-14-1-3-17(4-2-14)22(30)24(31)32/h1-12,22,24H,13H2. The van der Waals surface area contributed by atoms with Gasteiger partial charge >= 0.3 is 5.69 Å². The first-order chi connectivity index (χ1) is 17.7. The number of halogens is 6. The highest BCUT2D eigenvalue weighted by atomic mass is 35.5. The summed E-state index contributed by atoms with van der Waals surface area (Å²) >= 11 is 18.8. The molecule has 1 unspecified atom stereocenters. The molecule has 11 heteroatoms. The Bertz CT molecular complexity index is 1630. The molecule has 2 aromatic heterocycles. The molecule has 5 aromatic rings. The molecule has 0 saturated heterocycles. The molecule has 0 spiro atoms. The number of alkyl halides is 3. The van der Waals surface area contributed by atoms with Crippen LogP contribution in [0.1, 0.15) is 17.3 Å². The highest BCUT2D eigenvalue weighted by Crippen LogP contribution is 2.39. The van der Waals surface area contributed by atoms with Crippen molar-refractivity contribution >= 4 is 40.4 Å². The van der Waals surface area contributed by atoms with Crippen molar-refractivity contribution in [1.29, 1.82) is 0 Å². The van der Waals surface area contributed by atoms with Crippen molar-refractivity contribution in [3.05, 3.63) is 110 Å². The molecule has 0 aliphatic rings. The summed E-state index contributed by atoms with van der Waals surface area (Å²) in [5.74, 6) is 0. The fraction of sp³-hybridized carbons (Fsp3) is 0.115. The van der Waals surface area contributed by atoms with Crippen LogP contribution in [0.25, 0.3) is 27.9 Å². The summed E-state index contributed by atoms with van der Waals surface area (Å²) in [4.78, 5) is 13.2. The van der Waals surface area contributed by atoms with Crippen LogP contribution in [0.15, 0.2) is 77.6 Å². The third-order valence-corrected chi connectivity index (χ3v) is 6.57. The summed E-state index contributed by atoms with van der Waals surface area (Å²) in [6.07, 6.45) is -5.50. The van der Waals surface area contributed by atoms with Crippen LogP contribution in [0.4, 0.5) is 13.2 Å². The maximum atomic E-state index is 13.6. The molecule has 0 radical (unpaired) electrons. The Morgan fingerprint density at radius 3 is 1.81 bits per heavy atom. The van der Waals surface area contributed by atoms with Crippen molar-refractivity contribution in [3.8, 4) is 22.3 Å². The van der Waals surface area contributed by atoms with E-state index >= 15 is 0 Å². The zero-order chi connectivity index (χ0) is 26.3. The van der Waals surface area contributed by atoms with Gasteiger partial charge in [-0.05, 0) is 46.5 Å². The number of nitrogens with zero attached hydrogens (tertiary/aromatic N) is 4. The van der Waals surface area contributed by atoms with Gasteiger partial charge in [-0.3, -0.25) is 0 Å². The van der Waals surface area contributed by atoms with E-state index in [1.54, 1.807) is 48.5 Å². The minimum Gasteiger partial charge on any atom is -0.244 e. The van der Waals surface area contributed by atoms with Crippen LogP contribution in [-0.2, 0) is 6.54 Å². The number of fused-ring (bicyclic) bond motifs is 1. The monoisotopic (exact) mass is 562 g/mol. The zero-order valence-corrected chi connectivity index (χ0v) is 21.0. The van der Waals surface area contributed by atoms with Gasteiger partial charge in [0.2, 0.25) is 0 Å². The summed E-state index contributed by atoms with van der Waals surface area (Å²) in [5.41, 5.74) is 2.63. The lowest BCUT2D eigenvalue weighted by Crippen LogP contribution is -2.23. The smallest absolute Gasteiger partial charge is 0.244 e. The van der Waals surface area contributed by atoms with Crippen LogP contribution < -0.4 is 5.69 Å². The van der Waals surface area contributed by atoms with Crippen molar-refractivity contribution < 1.29 is 13.2 Å². The molecule has 0 saturated carbocycles. The summed E-state index contributed by atoms with van der Waals surface area (Å²) in [5, 5.41) is 9.97. The highest BCUT2D eigenvalue weighted by molar-refractivity contribution is 6.33. The second-order valence-electron chi connectivity index (χ2n) is 8.21. The number of hydrogen-bond donors (Lipinski definition) is 0. The largest absolute Gasteiger partial charge is 0.367 e. The summed E-state index contributed by atoms with van der Waals surface area (Å²) < 4.78 is 41.3. The first-order valence-corrected chi connectivity index (χ1v) is 12.1. The number of benzene rings is 3. The van der Waals surface area contributed by atoms with E-state index in [0.29, 0.717) is 37.9 Å². The Morgan fingerprint density at radius 1 is 0.730 bits per heavy atom. The van der Waals surface area contributed by atoms with Gasteiger partial charge in [-0.15, -0.1) is 10.2 Å². The van der Waals surface area contributed by atoms with E-state index in [-0.39, 0.29) is 22.9 Å². The molecule has 188 valence electrons. The third-order valence-electron chi connectivity index (χ3n) is 5.80. The Balaban J connectivity index is 1.66. The summed E-state index contributed by atoms with van der Waals surface area (Å²) in [7, 11) is 0. The number of aromatic nitrogens is 4. The van der Waals surface area contributed by atoms with Crippen LogP contribution in [0, 0.1) is 0 Å². The molecule has 0 bridgehead atoms. The first kappa shape index (κ1) is 25.3. The van der Waals surface area contributed by atoms with Gasteiger partial charge in [-0.1, -0.05) is 83.3 Å². The predicted molar refractivity (Wildman–Crippen MR) is 139 cm³/mol. The molecule has 5 nitrogen and oxygen atoms in total. The second kappa shape index (κ2) is 10.2. The number of rotatable bonds is 6. The normalized spacial score (nSPS) is 12.4. The van der Waals surface area contributed by atoms with Crippen molar-refractivity contribution in [2.45, 2.75) is 19.1 Å². The molecule has 1 atom stereocenters. The maximum absolute atomic E-state index is 13.6. The Hall–Kier alpha value is -3.33. The van der Waals surface area contributed by atoms with Crippen molar-refractivity contribution in [3.63, 3.8) is 0 Å². The van der Waals surface area contributed by atoms with E-state index in [9.17, 15) is 18.0 Å². The molecule has 37 heavy (non-hydrogen) atoms. The number of hydrogen-bond acceptors (Lipinski definition) is 3. The topological polar surface area (TPSA) is 52.2 Å². The van der Waals surface area contributed by atoms with Crippen LogP contribution >= 0.6 is 34.8 Å². The SMILES string of the molecule is O=c1n(Cc2ccc(C(F)C(F)F)cc2)nc2c(-c3ccc(Cl)cc3)c(-c3ccc(Cl)cc3)c(Cl)nn12. The van der Waals surface area contributed by atoms with Gasteiger partial charge < -0.3 is 0 Å². The van der Waals surface area contributed by atoms with Crippen LogP contribution in [-0.4, -0.2) is 25.8 Å². The lowest BCUT2D eigenvalue weighted by atomic mass is 9.97. The van der Waals surface area contributed by atoms with Crippen LogP contribution in [0.3, 0.4) is 0 Å². The van der Waals surface area contributed by atoms with Crippen LogP contribution in [0.5, 0.6) is 0 Å². The average Bonchev–Trinajstić information content (AvgIpc) is 3.19. The van der Waals surface area contributed by atoms with Gasteiger partial charge in [0, 0.05) is 21.2 Å². The van der Waals surface area contributed by atoms with Gasteiger partial charge in [0.15, 0.2) is 17.0 Å². The molecule has 3 aromatic carbocycles. The van der Waals surface area contributed by atoms with E-state index in [0.717, 1.165) is 4.52 Å². The summed E-state index contributed by atoms with van der Waals surface area (Å²) in [6.45, 7) is 0.00204. The van der Waals surface area contributed by atoms with Crippen LogP contribution in [0.2, 0.25) is 15.2 Å². The van der Waals surface area contributed by atoms with Crippen molar-refractivity contribution in [1.82, 2.24) is 19.4 Å².